The monoisotopic (exact) mass is 394 g/mol. The van der Waals surface area contributed by atoms with E-state index < -0.39 is 6.03 Å². The van der Waals surface area contributed by atoms with E-state index in [-0.39, 0.29) is 11.5 Å². The van der Waals surface area contributed by atoms with Gasteiger partial charge in [0.25, 0.3) is 0 Å². The zero-order valence-corrected chi connectivity index (χ0v) is 13.8. The van der Waals surface area contributed by atoms with Gasteiger partial charge in [0.2, 0.25) is 5.96 Å². The number of urea groups is 1. The fraction of sp³-hybridized carbons (Fsp3) is 0.333. The third-order valence-electron chi connectivity index (χ3n) is 1.92. The lowest BCUT2D eigenvalue weighted by molar-refractivity contribution is 0.236. The van der Waals surface area contributed by atoms with Crippen LogP contribution in [0.4, 0.5) is 10.5 Å². The summed E-state index contributed by atoms with van der Waals surface area (Å²) in [7, 11) is 0. The van der Waals surface area contributed by atoms with Crippen molar-refractivity contribution in [3.8, 4) is 0 Å². The summed E-state index contributed by atoms with van der Waals surface area (Å²) in [6, 6.07) is 4.84. The molecule has 1 rings (SSSR count). The summed E-state index contributed by atoms with van der Waals surface area (Å²) >= 11 is 8.00. The molecule has 0 saturated heterocycles. The lowest BCUT2D eigenvalue weighted by Gasteiger charge is -2.21. The highest BCUT2D eigenvalue weighted by Crippen LogP contribution is 2.21. The zero-order valence-electron chi connectivity index (χ0n) is 10.9. The Morgan fingerprint density at radius 2 is 2.00 bits per heavy atom. The van der Waals surface area contributed by atoms with Gasteiger partial charge in [-0.2, -0.15) is 0 Å². The van der Waals surface area contributed by atoms with Gasteiger partial charge in [0.15, 0.2) is 0 Å². The van der Waals surface area contributed by atoms with Crippen LogP contribution in [0.25, 0.3) is 0 Å². The maximum atomic E-state index is 11.6. The van der Waals surface area contributed by atoms with Crippen molar-refractivity contribution in [3.63, 3.8) is 0 Å². The molecular weight excluding hydrogens is 379 g/mol. The first-order valence-corrected chi connectivity index (χ1v) is 7.03. The lowest BCUT2D eigenvalue weighted by atomic mass is 10.1. The molecule has 0 saturated carbocycles. The van der Waals surface area contributed by atoms with Crippen LogP contribution >= 0.6 is 34.2 Å². The summed E-state index contributed by atoms with van der Waals surface area (Å²) in [5, 5.41) is 16.2. The number of benzene rings is 1. The molecule has 0 radical (unpaired) electrons. The van der Waals surface area contributed by atoms with Crippen LogP contribution in [0.15, 0.2) is 18.2 Å². The SMILES string of the molecule is CC(C)(C)NC(=O)NC(=N)Nc1ccc(Cl)c(I)c1. The van der Waals surface area contributed by atoms with E-state index in [1.807, 2.05) is 20.8 Å². The maximum absolute atomic E-state index is 11.6. The molecule has 1 aromatic rings. The van der Waals surface area contributed by atoms with E-state index in [1.165, 1.54) is 0 Å². The van der Waals surface area contributed by atoms with Gasteiger partial charge in [0, 0.05) is 14.8 Å². The molecule has 0 aromatic heterocycles. The summed E-state index contributed by atoms with van der Waals surface area (Å²) in [5.74, 6) is -0.0973. The summed E-state index contributed by atoms with van der Waals surface area (Å²) in [5.41, 5.74) is 0.342. The van der Waals surface area contributed by atoms with Crippen LogP contribution in [-0.4, -0.2) is 17.5 Å². The van der Waals surface area contributed by atoms with Crippen molar-refractivity contribution in [3.05, 3.63) is 26.8 Å². The highest BCUT2D eigenvalue weighted by Gasteiger charge is 2.14. The van der Waals surface area contributed by atoms with E-state index >= 15 is 0 Å². The van der Waals surface area contributed by atoms with E-state index in [4.69, 9.17) is 17.0 Å². The quantitative estimate of drug-likeness (QED) is 0.335. The van der Waals surface area contributed by atoms with Crippen molar-refractivity contribution in [1.82, 2.24) is 10.6 Å². The van der Waals surface area contributed by atoms with Gasteiger partial charge in [0.05, 0.1) is 5.02 Å². The average molecular weight is 395 g/mol. The van der Waals surface area contributed by atoms with Crippen molar-refractivity contribution in [2.75, 3.05) is 5.32 Å². The van der Waals surface area contributed by atoms with Crippen molar-refractivity contribution in [2.24, 2.45) is 0 Å². The predicted molar refractivity (Wildman–Crippen MR) is 86.9 cm³/mol. The molecule has 0 aliphatic heterocycles. The molecule has 0 spiro atoms. The number of nitrogens with one attached hydrogen (secondary N) is 4. The van der Waals surface area contributed by atoms with Gasteiger partial charge in [-0.25, -0.2) is 4.79 Å². The van der Waals surface area contributed by atoms with Crippen LogP contribution in [-0.2, 0) is 0 Å². The zero-order chi connectivity index (χ0) is 14.6. The molecule has 0 unspecified atom stereocenters. The molecule has 7 heteroatoms. The van der Waals surface area contributed by atoms with E-state index in [2.05, 4.69) is 38.5 Å². The fourth-order valence-electron chi connectivity index (χ4n) is 1.23. The molecule has 0 heterocycles. The number of rotatable bonds is 1. The minimum atomic E-state index is -0.423. The molecular formula is C12H16ClIN4O. The number of halogens is 2. The first-order chi connectivity index (χ1) is 8.67. The molecule has 0 bridgehead atoms. The van der Waals surface area contributed by atoms with E-state index in [0.29, 0.717) is 10.7 Å². The second-order valence-corrected chi connectivity index (χ2v) is 6.53. The van der Waals surface area contributed by atoms with E-state index in [9.17, 15) is 4.79 Å². The highest BCUT2D eigenvalue weighted by atomic mass is 127. The largest absolute Gasteiger partial charge is 0.333 e. The van der Waals surface area contributed by atoms with Gasteiger partial charge in [-0.15, -0.1) is 0 Å². The highest BCUT2D eigenvalue weighted by molar-refractivity contribution is 14.1. The van der Waals surface area contributed by atoms with Gasteiger partial charge in [-0.1, -0.05) is 11.6 Å². The van der Waals surface area contributed by atoms with Gasteiger partial charge in [-0.3, -0.25) is 10.7 Å². The fourth-order valence-corrected chi connectivity index (χ4v) is 1.87. The first-order valence-electron chi connectivity index (χ1n) is 5.57. The molecule has 104 valence electrons. The number of guanidine groups is 1. The molecule has 0 aliphatic rings. The third-order valence-corrected chi connectivity index (χ3v) is 3.46. The molecule has 19 heavy (non-hydrogen) atoms. The van der Waals surface area contributed by atoms with Crippen molar-refractivity contribution in [1.29, 1.82) is 5.41 Å². The Labute approximate surface area is 131 Å². The van der Waals surface area contributed by atoms with E-state index in [0.717, 1.165) is 3.57 Å². The molecule has 5 nitrogen and oxygen atoms in total. The van der Waals surface area contributed by atoms with Crippen LogP contribution in [0.5, 0.6) is 0 Å². The lowest BCUT2D eigenvalue weighted by Crippen LogP contribution is -2.49. The second-order valence-electron chi connectivity index (χ2n) is 4.96. The molecule has 4 N–H and O–H groups in total. The summed E-state index contributed by atoms with van der Waals surface area (Å²) in [4.78, 5) is 11.6. The van der Waals surface area contributed by atoms with Crippen LogP contribution < -0.4 is 16.0 Å². The average Bonchev–Trinajstić information content (AvgIpc) is 2.20. The predicted octanol–water partition coefficient (Wildman–Crippen LogP) is 3.39. The summed E-state index contributed by atoms with van der Waals surface area (Å²) < 4.78 is 0.871. The normalized spacial score (nSPS) is 10.8. The van der Waals surface area contributed by atoms with Crippen LogP contribution in [0.1, 0.15) is 20.8 Å². The van der Waals surface area contributed by atoms with Gasteiger partial charge in [-0.05, 0) is 61.6 Å². The van der Waals surface area contributed by atoms with Gasteiger partial charge in [0.1, 0.15) is 0 Å². The molecule has 0 fully saturated rings. The number of hydrogen-bond acceptors (Lipinski definition) is 2. The van der Waals surface area contributed by atoms with Crippen molar-refractivity contribution < 1.29 is 4.79 Å². The molecule has 0 aliphatic carbocycles. The Hall–Kier alpha value is -1.02. The Kier molecular flexibility index (Phi) is 5.42. The van der Waals surface area contributed by atoms with Crippen LogP contribution in [0, 0.1) is 8.98 Å². The topological polar surface area (TPSA) is 77.0 Å². The Bertz CT molecular complexity index is 499. The Morgan fingerprint density at radius 1 is 1.37 bits per heavy atom. The first kappa shape index (κ1) is 16.0. The van der Waals surface area contributed by atoms with Gasteiger partial charge < -0.3 is 10.6 Å². The third kappa shape index (κ3) is 6.11. The number of carbonyl (C=O) groups excluding carboxylic acids is 1. The maximum Gasteiger partial charge on any atom is 0.321 e. The number of anilines is 1. The Morgan fingerprint density at radius 3 is 2.53 bits per heavy atom. The summed E-state index contributed by atoms with van der Waals surface area (Å²) in [6.45, 7) is 5.60. The van der Waals surface area contributed by atoms with Crippen LogP contribution in [0.2, 0.25) is 5.02 Å². The Balaban J connectivity index is 2.56. The smallest absolute Gasteiger partial charge is 0.321 e. The standard InChI is InChI=1S/C12H16ClIN4O/c1-12(2,3)18-11(19)17-10(15)16-7-4-5-8(13)9(14)6-7/h4-6H,1-3H3,(H4,15,16,17,18,19). The van der Waals surface area contributed by atoms with Crippen molar-refractivity contribution in [2.45, 2.75) is 26.3 Å². The second kappa shape index (κ2) is 6.42. The number of hydrogen-bond donors (Lipinski definition) is 4. The minimum absolute atomic E-state index is 0.0973. The van der Waals surface area contributed by atoms with Crippen LogP contribution in [0.3, 0.4) is 0 Å². The number of amides is 2. The summed E-state index contributed by atoms with van der Waals surface area (Å²) in [6.07, 6.45) is 0. The minimum Gasteiger partial charge on any atom is -0.333 e. The molecule has 0 atom stereocenters. The van der Waals surface area contributed by atoms with Crippen molar-refractivity contribution >= 4 is 51.9 Å². The van der Waals surface area contributed by atoms with E-state index in [1.54, 1.807) is 18.2 Å². The number of carbonyl (C=O) groups is 1. The molecule has 2 amide bonds. The van der Waals surface area contributed by atoms with Gasteiger partial charge >= 0.3 is 6.03 Å². The molecule has 1 aromatic carbocycles.